The average molecular weight is 405 g/mol. The fourth-order valence-electron chi connectivity index (χ4n) is 1.97. The van der Waals surface area contributed by atoms with Crippen molar-refractivity contribution in [1.82, 2.24) is 5.43 Å². The lowest BCUT2D eigenvalue weighted by Gasteiger charge is -2.19. The van der Waals surface area contributed by atoms with E-state index in [4.69, 9.17) is 4.74 Å². The van der Waals surface area contributed by atoms with Crippen molar-refractivity contribution < 1.29 is 14.6 Å². The number of ether oxygens (including phenoxy) is 1. The zero-order valence-electron chi connectivity index (χ0n) is 12.3. The Kier molecular flexibility index (Phi) is 6.05. The number of carbonyl (C=O) groups excluding carboxylic acids is 1. The van der Waals surface area contributed by atoms with E-state index in [9.17, 15) is 9.90 Å². The van der Waals surface area contributed by atoms with Gasteiger partial charge in [0.2, 0.25) is 5.91 Å². The maximum absolute atomic E-state index is 11.9. The first-order chi connectivity index (χ1) is 10.4. The van der Waals surface area contributed by atoms with E-state index in [1.54, 1.807) is 42.8 Å². The zero-order chi connectivity index (χ0) is 16.2. The molecule has 0 bridgehead atoms. The third-order valence-corrected chi connectivity index (χ3v) is 6.97. The summed E-state index contributed by atoms with van der Waals surface area (Å²) < 4.78 is 5.56. The standard InChI is InChI=1S/C14H17BrN2O3S2/c1-14(21-3-4-22-14)7-12(18)17-16-8-9-5-10(20-2)6-11(15)13(9)19/h5-6,8,19H,3-4,7H2,1-2H3,(H,17,18)/b16-8-. The van der Waals surface area contributed by atoms with Gasteiger partial charge in [-0.1, -0.05) is 0 Å². The number of halogens is 1. The van der Waals surface area contributed by atoms with Crippen LogP contribution in [-0.4, -0.2) is 39.9 Å². The molecule has 0 saturated carbocycles. The van der Waals surface area contributed by atoms with Crippen LogP contribution in [0.2, 0.25) is 0 Å². The van der Waals surface area contributed by atoms with E-state index in [1.165, 1.54) is 6.21 Å². The molecule has 5 nitrogen and oxygen atoms in total. The molecule has 22 heavy (non-hydrogen) atoms. The second-order valence-corrected chi connectivity index (χ2v) is 9.16. The molecule has 2 rings (SSSR count). The number of phenols is 1. The molecular formula is C14H17BrN2O3S2. The van der Waals surface area contributed by atoms with Crippen molar-refractivity contribution in [2.75, 3.05) is 18.6 Å². The van der Waals surface area contributed by atoms with Gasteiger partial charge in [0.05, 0.1) is 28.3 Å². The highest BCUT2D eigenvalue weighted by atomic mass is 79.9. The number of amides is 1. The minimum absolute atomic E-state index is 0.0488. The van der Waals surface area contributed by atoms with Crippen LogP contribution in [-0.2, 0) is 4.79 Å². The van der Waals surface area contributed by atoms with E-state index in [-0.39, 0.29) is 15.7 Å². The summed E-state index contributed by atoms with van der Waals surface area (Å²) in [5.41, 5.74) is 2.96. The molecule has 1 aliphatic heterocycles. The fraction of sp³-hybridized carbons (Fsp3) is 0.429. The molecule has 1 amide bonds. The number of methoxy groups -OCH3 is 1. The van der Waals surface area contributed by atoms with Crippen LogP contribution >= 0.6 is 39.5 Å². The van der Waals surface area contributed by atoms with Crippen molar-refractivity contribution in [1.29, 1.82) is 0 Å². The summed E-state index contributed by atoms with van der Waals surface area (Å²) in [6.07, 6.45) is 1.81. The Labute approximate surface area is 146 Å². The number of aromatic hydroxyl groups is 1. The molecule has 1 aromatic carbocycles. The third-order valence-electron chi connectivity index (χ3n) is 3.07. The number of rotatable bonds is 5. The van der Waals surface area contributed by atoms with Crippen molar-refractivity contribution >= 4 is 51.6 Å². The molecule has 0 radical (unpaired) electrons. The molecule has 1 heterocycles. The van der Waals surface area contributed by atoms with Crippen LogP contribution in [0.3, 0.4) is 0 Å². The van der Waals surface area contributed by atoms with Gasteiger partial charge < -0.3 is 9.84 Å². The number of hydrazone groups is 1. The molecule has 1 fully saturated rings. The Morgan fingerprint density at radius 3 is 2.86 bits per heavy atom. The number of hydrogen-bond acceptors (Lipinski definition) is 6. The van der Waals surface area contributed by atoms with Gasteiger partial charge in [0.1, 0.15) is 11.5 Å². The molecule has 1 aliphatic rings. The normalized spacial score (nSPS) is 16.9. The van der Waals surface area contributed by atoms with Crippen LogP contribution in [0.25, 0.3) is 0 Å². The number of nitrogens with one attached hydrogen (secondary N) is 1. The van der Waals surface area contributed by atoms with Gasteiger partial charge in [-0.05, 0) is 35.0 Å². The smallest absolute Gasteiger partial charge is 0.242 e. The summed E-state index contributed by atoms with van der Waals surface area (Å²) >= 11 is 6.84. The average Bonchev–Trinajstić information content (AvgIpc) is 2.89. The number of thioether (sulfide) groups is 2. The second-order valence-electron chi connectivity index (χ2n) is 4.85. The zero-order valence-corrected chi connectivity index (χ0v) is 15.5. The molecule has 0 spiro atoms. The van der Waals surface area contributed by atoms with Crippen molar-refractivity contribution in [3.8, 4) is 11.5 Å². The van der Waals surface area contributed by atoms with Crippen molar-refractivity contribution in [2.24, 2.45) is 5.10 Å². The predicted octanol–water partition coefficient (Wildman–Crippen LogP) is 3.20. The van der Waals surface area contributed by atoms with Crippen LogP contribution < -0.4 is 10.2 Å². The first-order valence-electron chi connectivity index (χ1n) is 6.60. The predicted molar refractivity (Wildman–Crippen MR) is 96.0 cm³/mol. The maximum atomic E-state index is 11.9. The summed E-state index contributed by atoms with van der Waals surface area (Å²) in [7, 11) is 1.54. The number of carbonyl (C=O) groups is 1. The minimum Gasteiger partial charge on any atom is -0.506 e. The van der Waals surface area contributed by atoms with Crippen LogP contribution in [0, 0.1) is 0 Å². The molecule has 120 valence electrons. The highest BCUT2D eigenvalue weighted by Gasteiger charge is 2.32. The van der Waals surface area contributed by atoms with E-state index in [0.29, 0.717) is 22.2 Å². The number of benzene rings is 1. The van der Waals surface area contributed by atoms with Gasteiger partial charge in [0, 0.05) is 17.1 Å². The van der Waals surface area contributed by atoms with E-state index < -0.39 is 0 Å². The first kappa shape index (κ1) is 17.5. The molecule has 0 atom stereocenters. The monoisotopic (exact) mass is 404 g/mol. The molecule has 1 aromatic rings. The van der Waals surface area contributed by atoms with Gasteiger partial charge in [-0.2, -0.15) is 5.10 Å². The molecule has 0 aliphatic carbocycles. The Hall–Kier alpha value is -0.860. The summed E-state index contributed by atoms with van der Waals surface area (Å²) in [6.45, 7) is 2.07. The first-order valence-corrected chi connectivity index (χ1v) is 9.36. The second kappa shape index (κ2) is 7.61. The van der Waals surface area contributed by atoms with Gasteiger partial charge >= 0.3 is 0 Å². The summed E-state index contributed by atoms with van der Waals surface area (Å²) in [4.78, 5) is 11.9. The third kappa shape index (κ3) is 4.57. The largest absolute Gasteiger partial charge is 0.506 e. The Morgan fingerprint density at radius 1 is 1.55 bits per heavy atom. The lowest BCUT2D eigenvalue weighted by atomic mass is 10.2. The molecule has 2 N–H and O–H groups in total. The lowest BCUT2D eigenvalue weighted by molar-refractivity contribution is -0.121. The minimum atomic E-state index is -0.137. The topological polar surface area (TPSA) is 70.9 Å². The van der Waals surface area contributed by atoms with Gasteiger partial charge in [-0.3, -0.25) is 4.79 Å². The fourth-order valence-corrected chi connectivity index (χ4v) is 5.26. The van der Waals surface area contributed by atoms with Crippen LogP contribution in [0.1, 0.15) is 18.9 Å². The van der Waals surface area contributed by atoms with E-state index in [0.717, 1.165) is 11.5 Å². The Morgan fingerprint density at radius 2 is 2.23 bits per heavy atom. The SMILES string of the molecule is COc1cc(Br)c(O)c(/C=N\NC(=O)CC2(C)SCCS2)c1. The van der Waals surface area contributed by atoms with Crippen molar-refractivity contribution in [3.63, 3.8) is 0 Å². The molecule has 8 heteroatoms. The van der Waals surface area contributed by atoms with Crippen molar-refractivity contribution in [3.05, 3.63) is 22.2 Å². The summed E-state index contributed by atoms with van der Waals surface area (Å²) in [5, 5.41) is 13.9. The lowest BCUT2D eigenvalue weighted by Crippen LogP contribution is -2.26. The Balaban J connectivity index is 1.97. The van der Waals surface area contributed by atoms with Gasteiger partial charge in [-0.15, -0.1) is 23.5 Å². The van der Waals surface area contributed by atoms with Crippen LogP contribution in [0.5, 0.6) is 11.5 Å². The highest BCUT2D eigenvalue weighted by Crippen LogP contribution is 2.45. The quantitative estimate of drug-likeness (QED) is 0.582. The highest BCUT2D eigenvalue weighted by molar-refractivity contribution is 9.10. The Bertz CT molecular complexity index is 590. The van der Waals surface area contributed by atoms with Gasteiger partial charge in [-0.25, -0.2) is 5.43 Å². The van der Waals surface area contributed by atoms with Gasteiger partial charge in [0.15, 0.2) is 0 Å². The molecule has 1 saturated heterocycles. The summed E-state index contributed by atoms with van der Waals surface area (Å²) in [6, 6.07) is 3.29. The van der Waals surface area contributed by atoms with Crippen LogP contribution in [0.4, 0.5) is 0 Å². The van der Waals surface area contributed by atoms with E-state index in [1.807, 2.05) is 0 Å². The molecule has 0 unspecified atom stereocenters. The number of phenolic OH excluding ortho intramolecular Hbond substituents is 1. The number of nitrogens with zero attached hydrogens (tertiary/aromatic N) is 1. The maximum Gasteiger partial charge on any atom is 0.242 e. The molecule has 0 aromatic heterocycles. The van der Waals surface area contributed by atoms with Crippen molar-refractivity contribution in [2.45, 2.75) is 17.4 Å². The van der Waals surface area contributed by atoms with Crippen LogP contribution in [0.15, 0.2) is 21.7 Å². The number of hydrogen-bond donors (Lipinski definition) is 2. The van der Waals surface area contributed by atoms with E-state index in [2.05, 4.69) is 33.4 Å². The molecular weight excluding hydrogens is 388 g/mol. The van der Waals surface area contributed by atoms with Gasteiger partial charge in [0.25, 0.3) is 0 Å². The summed E-state index contributed by atoms with van der Waals surface area (Å²) in [5.74, 6) is 2.64. The van der Waals surface area contributed by atoms with E-state index >= 15 is 0 Å².